The van der Waals surface area contributed by atoms with E-state index in [9.17, 15) is 50.8 Å². The van der Waals surface area contributed by atoms with Crippen molar-refractivity contribution in [1.82, 2.24) is 0 Å². The van der Waals surface area contributed by atoms with Gasteiger partial charge in [-0.1, -0.05) is 30.3 Å². The molecule has 2 saturated heterocycles. The van der Waals surface area contributed by atoms with Crippen molar-refractivity contribution >= 4 is 11.0 Å². The number of rotatable bonds is 5. The Morgan fingerprint density at radius 2 is 1.23 bits per heavy atom. The molecule has 9 atom stereocenters. The van der Waals surface area contributed by atoms with Crippen molar-refractivity contribution in [2.45, 2.75) is 54.9 Å². The first-order valence-corrected chi connectivity index (χ1v) is 12.1. The molecule has 210 valence electrons. The lowest BCUT2D eigenvalue weighted by molar-refractivity contribution is -0.232. The summed E-state index contributed by atoms with van der Waals surface area (Å²) in [6.07, 6.45) is -15.0. The molecule has 0 unspecified atom stereocenters. The van der Waals surface area contributed by atoms with E-state index in [-0.39, 0.29) is 5.76 Å². The molecule has 2 aliphatic heterocycles. The highest BCUT2D eigenvalue weighted by atomic mass is 16.6. The fraction of sp³-hybridized carbons (Fsp3) is 0.423. The van der Waals surface area contributed by atoms with Gasteiger partial charge in [-0.25, -0.2) is 0 Å². The first-order chi connectivity index (χ1) is 18.6. The molecular weight excluding hydrogens is 520 g/mol. The standard InChI is InChI=1S/C26H28O13/c27-7-12-17(30)21(34)23(36)25(38-12)15-19(32)14-10(29)6-11(9-4-2-1-3-5-9)37-24(14)16(20(15)33)26-22(35)18(31)13(8-28)39-26/h1-6,12-13,17-18,21-23,25-28,30-36H,7-8H2/t12-,13+,17-,18+,21+,22-,23-,25+,26+/m1/s1. The summed E-state index contributed by atoms with van der Waals surface area (Å²) in [6, 6.07) is 9.45. The number of ether oxygens (including phenoxy) is 2. The van der Waals surface area contributed by atoms with Crippen LogP contribution in [-0.2, 0) is 9.47 Å². The number of fused-ring (bicyclic) bond motifs is 1. The summed E-state index contributed by atoms with van der Waals surface area (Å²) < 4.78 is 17.1. The third kappa shape index (κ3) is 4.37. The first kappa shape index (κ1) is 27.5. The molecule has 13 heteroatoms. The number of hydrogen-bond donors (Lipinski definition) is 9. The summed E-state index contributed by atoms with van der Waals surface area (Å²) in [5, 5.41) is 93.7. The second-order valence-electron chi connectivity index (χ2n) is 9.58. The molecule has 3 heterocycles. The molecule has 9 N–H and O–H groups in total. The topological polar surface area (TPSA) is 231 Å². The molecule has 0 bridgehead atoms. The summed E-state index contributed by atoms with van der Waals surface area (Å²) in [5.41, 5.74) is -1.79. The minimum atomic E-state index is -1.95. The SMILES string of the molecule is O=c1cc(-c2ccccc2)oc2c([C@@H]3O[C@@H](CO)[C@H](O)[C@H]3O)c(O)c([C@@H]3O[C@H](CO)[C@@H](O)[C@H](O)[C@H]3O)c(O)c12. The Hall–Kier alpha value is -3.11. The van der Waals surface area contributed by atoms with Crippen LogP contribution in [0.2, 0.25) is 0 Å². The summed E-state index contributed by atoms with van der Waals surface area (Å²) in [7, 11) is 0. The Morgan fingerprint density at radius 3 is 1.79 bits per heavy atom. The molecule has 0 saturated carbocycles. The van der Waals surface area contributed by atoms with Crippen LogP contribution in [0.15, 0.2) is 45.6 Å². The molecule has 2 aromatic carbocycles. The van der Waals surface area contributed by atoms with Gasteiger partial charge in [-0.15, -0.1) is 0 Å². The number of benzene rings is 2. The Labute approximate surface area is 220 Å². The van der Waals surface area contributed by atoms with E-state index in [0.717, 1.165) is 6.07 Å². The van der Waals surface area contributed by atoms with Crippen LogP contribution in [0.5, 0.6) is 11.5 Å². The van der Waals surface area contributed by atoms with Gasteiger partial charge in [0, 0.05) is 11.6 Å². The first-order valence-electron chi connectivity index (χ1n) is 12.1. The summed E-state index contributed by atoms with van der Waals surface area (Å²) >= 11 is 0. The fourth-order valence-electron chi connectivity index (χ4n) is 5.16. The van der Waals surface area contributed by atoms with Gasteiger partial charge in [-0.2, -0.15) is 0 Å². The number of phenolic OH excluding ortho intramolecular Hbond substituents is 2. The van der Waals surface area contributed by atoms with Crippen molar-refractivity contribution in [1.29, 1.82) is 0 Å². The minimum Gasteiger partial charge on any atom is -0.507 e. The predicted molar refractivity (Wildman–Crippen MR) is 131 cm³/mol. The van der Waals surface area contributed by atoms with Gasteiger partial charge < -0.3 is 59.8 Å². The van der Waals surface area contributed by atoms with E-state index in [1.165, 1.54) is 0 Å². The molecule has 2 fully saturated rings. The average Bonchev–Trinajstić information content (AvgIpc) is 3.21. The van der Waals surface area contributed by atoms with Gasteiger partial charge >= 0.3 is 0 Å². The minimum absolute atomic E-state index is 0.0282. The zero-order valence-electron chi connectivity index (χ0n) is 20.2. The molecule has 0 amide bonds. The van der Waals surface area contributed by atoms with E-state index in [4.69, 9.17) is 13.9 Å². The van der Waals surface area contributed by atoms with Crippen molar-refractivity contribution in [2.24, 2.45) is 0 Å². The number of aromatic hydroxyl groups is 2. The maximum absolute atomic E-state index is 13.4. The molecule has 0 radical (unpaired) electrons. The van der Waals surface area contributed by atoms with Crippen LogP contribution in [0, 0.1) is 0 Å². The molecule has 39 heavy (non-hydrogen) atoms. The van der Waals surface area contributed by atoms with E-state index in [1.807, 2.05) is 0 Å². The van der Waals surface area contributed by atoms with E-state index >= 15 is 0 Å². The molecular formula is C26H28O13. The highest BCUT2D eigenvalue weighted by Gasteiger charge is 2.49. The Balaban J connectivity index is 1.81. The fourth-order valence-corrected chi connectivity index (χ4v) is 5.16. The van der Waals surface area contributed by atoms with Gasteiger partial charge in [0.05, 0.1) is 24.3 Å². The molecule has 1 aromatic heterocycles. The predicted octanol–water partition coefficient (Wildman–Crippen LogP) is -1.46. The van der Waals surface area contributed by atoms with Gasteiger partial charge in [-0.3, -0.25) is 4.79 Å². The number of hydrogen-bond acceptors (Lipinski definition) is 13. The van der Waals surface area contributed by atoms with E-state index in [1.54, 1.807) is 30.3 Å². The Bertz CT molecular complexity index is 1400. The quantitative estimate of drug-likeness (QED) is 0.178. The maximum atomic E-state index is 13.4. The molecule has 0 spiro atoms. The van der Waals surface area contributed by atoms with Crippen molar-refractivity contribution in [3.8, 4) is 22.8 Å². The van der Waals surface area contributed by atoms with Crippen LogP contribution in [-0.4, -0.2) is 102 Å². The second-order valence-corrected chi connectivity index (χ2v) is 9.58. The molecule has 2 aliphatic rings. The summed E-state index contributed by atoms with van der Waals surface area (Å²) in [6.45, 7) is -1.51. The van der Waals surface area contributed by atoms with Crippen molar-refractivity contribution in [2.75, 3.05) is 13.2 Å². The van der Waals surface area contributed by atoms with Crippen molar-refractivity contribution in [3.63, 3.8) is 0 Å². The second kappa shape index (κ2) is 10.5. The van der Waals surface area contributed by atoms with Crippen LogP contribution in [0.3, 0.4) is 0 Å². The summed E-state index contributed by atoms with van der Waals surface area (Å²) in [4.78, 5) is 13.4. The number of phenols is 2. The monoisotopic (exact) mass is 548 g/mol. The largest absolute Gasteiger partial charge is 0.507 e. The van der Waals surface area contributed by atoms with Crippen LogP contribution in [0.4, 0.5) is 0 Å². The average molecular weight is 548 g/mol. The number of aliphatic hydroxyl groups is 7. The van der Waals surface area contributed by atoms with Gasteiger partial charge in [0.15, 0.2) is 11.0 Å². The van der Waals surface area contributed by atoms with Gasteiger partial charge in [0.2, 0.25) is 0 Å². The summed E-state index contributed by atoms with van der Waals surface area (Å²) in [5.74, 6) is -1.75. The van der Waals surface area contributed by atoms with Crippen LogP contribution >= 0.6 is 0 Å². The van der Waals surface area contributed by atoms with Crippen LogP contribution in [0.25, 0.3) is 22.3 Å². The van der Waals surface area contributed by atoms with Crippen molar-refractivity contribution < 1.29 is 59.8 Å². The normalized spacial score (nSPS) is 33.1. The van der Waals surface area contributed by atoms with Gasteiger partial charge in [0.25, 0.3) is 0 Å². The van der Waals surface area contributed by atoms with Gasteiger partial charge in [-0.05, 0) is 0 Å². The third-order valence-electron chi connectivity index (χ3n) is 7.26. The molecule has 13 nitrogen and oxygen atoms in total. The van der Waals surface area contributed by atoms with Crippen LogP contribution in [0.1, 0.15) is 23.3 Å². The Kier molecular flexibility index (Phi) is 7.37. The highest BCUT2D eigenvalue weighted by molar-refractivity contribution is 5.92. The molecule has 5 rings (SSSR count). The smallest absolute Gasteiger partial charge is 0.197 e. The van der Waals surface area contributed by atoms with E-state index in [0.29, 0.717) is 5.56 Å². The van der Waals surface area contributed by atoms with Crippen molar-refractivity contribution in [3.05, 3.63) is 57.7 Å². The van der Waals surface area contributed by atoms with Crippen LogP contribution < -0.4 is 5.43 Å². The zero-order valence-corrected chi connectivity index (χ0v) is 20.2. The third-order valence-corrected chi connectivity index (χ3v) is 7.26. The number of aliphatic hydroxyl groups excluding tert-OH is 7. The highest BCUT2D eigenvalue weighted by Crippen LogP contribution is 2.51. The van der Waals surface area contributed by atoms with Gasteiger partial charge in [0.1, 0.15) is 77.6 Å². The lowest BCUT2D eigenvalue weighted by atomic mass is 9.87. The van der Waals surface area contributed by atoms with E-state index in [2.05, 4.69) is 0 Å². The maximum Gasteiger partial charge on any atom is 0.197 e. The zero-order chi connectivity index (χ0) is 28.2. The van der Waals surface area contributed by atoms with E-state index < -0.39 is 107 Å². The lowest BCUT2D eigenvalue weighted by Gasteiger charge is -2.40. The Morgan fingerprint density at radius 1 is 0.692 bits per heavy atom. The molecule has 0 aliphatic carbocycles. The lowest BCUT2D eigenvalue weighted by Crippen LogP contribution is -2.55. The molecule has 3 aromatic rings.